The first-order chi connectivity index (χ1) is 17.7. The number of para-hydroxylation sites is 1. The number of nitrogens with zero attached hydrogens (tertiary/aromatic N) is 3. The molecule has 2 aromatic rings. The number of halogens is 3. The normalized spacial score (nSPS) is 21.4. The molecule has 1 saturated heterocycles. The molecule has 37 heavy (non-hydrogen) atoms. The highest BCUT2D eigenvalue weighted by Crippen LogP contribution is 2.33. The molecule has 2 atom stereocenters. The van der Waals surface area contributed by atoms with Crippen LogP contribution in [0.5, 0.6) is 5.75 Å². The first-order valence-electron chi connectivity index (χ1n) is 12.2. The average Bonchev–Trinajstić information content (AvgIpc) is 3.27. The number of carbonyl (C=O) groups excluding carboxylic acids is 1. The zero-order valence-electron chi connectivity index (χ0n) is 20.3. The Morgan fingerprint density at radius 1 is 1.16 bits per heavy atom. The summed E-state index contributed by atoms with van der Waals surface area (Å²) in [5, 5.41) is 13.8. The van der Waals surface area contributed by atoms with Crippen molar-refractivity contribution in [2.24, 2.45) is 15.9 Å². The van der Waals surface area contributed by atoms with Crippen molar-refractivity contribution < 1.29 is 23.1 Å². The van der Waals surface area contributed by atoms with Crippen LogP contribution in [0.1, 0.15) is 34.3 Å². The van der Waals surface area contributed by atoms with Gasteiger partial charge in [0, 0.05) is 37.1 Å². The summed E-state index contributed by atoms with van der Waals surface area (Å²) in [7, 11) is 1.94. The predicted octanol–water partition coefficient (Wildman–Crippen LogP) is 3.54. The second-order valence-electron chi connectivity index (χ2n) is 9.55. The molecule has 0 bridgehead atoms. The molecule has 0 aromatic heterocycles. The molecule has 3 aliphatic rings. The molecule has 3 heterocycles. The molecular weight excluding hydrogens is 480 g/mol. The maximum Gasteiger partial charge on any atom is 0.417 e. The van der Waals surface area contributed by atoms with Crippen molar-refractivity contribution in [1.82, 2.24) is 10.2 Å². The lowest BCUT2D eigenvalue weighted by atomic mass is 9.91. The van der Waals surface area contributed by atoms with E-state index in [1.165, 1.54) is 23.1 Å². The summed E-state index contributed by atoms with van der Waals surface area (Å²) in [5.41, 5.74) is 2.62. The van der Waals surface area contributed by atoms with Crippen molar-refractivity contribution in [3.05, 3.63) is 88.2 Å². The van der Waals surface area contributed by atoms with Crippen LogP contribution >= 0.6 is 0 Å². The zero-order valence-corrected chi connectivity index (χ0v) is 20.3. The van der Waals surface area contributed by atoms with Gasteiger partial charge in [0.25, 0.3) is 5.91 Å². The Morgan fingerprint density at radius 2 is 1.92 bits per heavy atom. The molecule has 1 fully saturated rings. The zero-order chi connectivity index (χ0) is 26.2. The summed E-state index contributed by atoms with van der Waals surface area (Å²) in [6.45, 7) is 1.32. The van der Waals surface area contributed by atoms with E-state index in [2.05, 4.69) is 10.3 Å². The van der Waals surface area contributed by atoms with Crippen molar-refractivity contribution in [2.45, 2.75) is 25.1 Å². The summed E-state index contributed by atoms with van der Waals surface area (Å²) in [6.07, 6.45) is 0.632. The van der Waals surface area contributed by atoms with Crippen LogP contribution in [0.25, 0.3) is 0 Å². The van der Waals surface area contributed by atoms with E-state index >= 15 is 0 Å². The highest BCUT2D eigenvalue weighted by Gasteiger charge is 2.37. The summed E-state index contributed by atoms with van der Waals surface area (Å²) in [6, 6.07) is 11.7. The topological polar surface area (TPSA) is 77.3 Å². The molecule has 10 heteroatoms. The highest BCUT2D eigenvalue weighted by molar-refractivity contribution is 6.34. The number of alkyl halides is 3. The van der Waals surface area contributed by atoms with Gasteiger partial charge in [-0.25, -0.2) is 0 Å². The Morgan fingerprint density at radius 3 is 2.70 bits per heavy atom. The number of amides is 1. The van der Waals surface area contributed by atoms with Crippen molar-refractivity contribution in [3.63, 3.8) is 0 Å². The summed E-state index contributed by atoms with van der Waals surface area (Å²) >= 11 is 0. The number of aromatic hydroxyl groups is 1. The quantitative estimate of drug-likeness (QED) is 0.610. The number of hydrogen-bond donors (Lipinski definition) is 2. The summed E-state index contributed by atoms with van der Waals surface area (Å²) in [4.78, 5) is 23.9. The van der Waals surface area contributed by atoms with Crippen molar-refractivity contribution in [2.75, 3.05) is 19.6 Å². The first kappa shape index (κ1) is 24.9. The molecule has 0 aliphatic carbocycles. The van der Waals surface area contributed by atoms with Gasteiger partial charge in [-0.05, 0) is 54.6 Å². The van der Waals surface area contributed by atoms with Gasteiger partial charge in [0.15, 0.2) is 0 Å². The Balaban J connectivity index is 1.32. The number of phenols is 1. The minimum Gasteiger partial charge on any atom is -0.507 e. The third kappa shape index (κ3) is 5.05. The van der Waals surface area contributed by atoms with Crippen LogP contribution < -0.4 is 5.32 Å². The number of allylic oxidation sites excluding steroid dienone is 2. The summed E-state index contributed by atoms with van der Waals surface area (Å²) < 4.78 is 40.4. The van der Waals surface area contributed by atoms with Crippen LogP contribution in [0.15, 0.2) is 81.5 Å². The van der Waals surface area contributed by atoms with E-state index in [0.717, 1.165) is 29.4 Å². The average molecular weight is 506 g/mol. The van der Waals surface area contributed by atoms with Crippen molar-refractivity contribution in [3.8, 4) is 5.75 Å². The number of nitrogens with one attached hydrogen (secondary N) is 1. The lowest BCUT2D eigenvalue weighted by Crippen LogP contribution is -2.44. The minimum absolute atomic E-state index is 0.0583. The lowest BCUT2D eigenvalue weighted by Gasteiger charge is -2.34. The van der Waals surface area contributed by atoms with E-state index < -0.39 is 17.6 Å². The maximum absolute atomic E-state index is 13.5. The van der Waals surface area contributed by atoms with Gasteiger partial charge in [-0.1, -0.05) is 24.3 Å². The number of fused-ring (bicyclic) bond motifs is 1. The fourth-order valence-corrected chi connectivity index (χ4v) is 5.05. The largest absolute Gasteiger partial charge is 0.507 e. The van der Waals surface area contributed by atoms with Crippen LogP contribution in [0, 0.1) is 5.92 Å². The second-order valence-corrected chi connectivity index (χ2v) is 9.55. The molecule has 0 radical (unpaired) electrons. The molecule has 1 amide bonds. The number of benzene rings is 2. The first-order valence-corrected chi connectivity index (χ1v) is 12.2. The van der Waals surface area contributed by atoms with Gasteiger partial charge >= 0.3 is 6.18 Å². The number of rotatable bonds is 5. The van der Waals surface area contributed by atoms with E-state index in [-0.39, 0.29) is 23.3 Å². The standard InChI is InChI=1S/C27H26BF3N4O2/c28-20-14-33-25-22(12-21(34-24(20)25)18-8-2-4-10-23(18)36)32-13-16-6-5-11-35(15-16)26(37)17-7-1-3-9-19(17)27(29,30)31/h1-4,7-10,12,14,16,25,32,36H,5-6,11,13,15,28H2. The molecule has 5 rings (SSSR count). The molecule has 6 nitrogen and oxygen atoms in total. The number of likely N-dealkylation sites (tertiary alicyclic amines) is 1. The fraction of sp³-hybridized carbons (Fsp3) is 0.296. The van der Waals surface area contributed by atoms with Gasteiger partial charge in [-0.3, -0.25) is 14.8 Å². The molecule has 2 aromatic carbocycles. The maximum atomic E-state index is 13.5. The van der Waals surface area contributed by atoms with Crippen LogP contribution in [0.4, 0.5) is 13.2 Å². The van der Waals surface area contributed by atoms with E-state index in [0.29, 0.717) is 37.3 Å². The van der Waals surface area contributed by atoms with Gasteiger partial charge < -0.3 is 15.3 Å². The number of aliphatic imine (C=N–C) groups is 2. The van der Waals surface area contributed by atoms with Crippen LogP contribution in [-0.4, -0.2) is 61.4 Å². The Kier molecular flexibility index (Phi) is 6.66. The van der Waals surface area contributed by atoms with Gasteiger partial charge in [0.1, 0.15) is 19.6 Å². The smallest absolute Gasteiger partial charge is 0.417 e. The third-order valence-electron chi connectivity index (χ3n) is 6.95. The van der Waals surface area contributed by atoms with Crippen LogP contribution in [0.3, 0.4) is 0 Å². The number of dihydropyridines is 1. The molecule has 2 unspecified atom stereocenters. The lowest BCUT2D eigenvalue weighted by molar-refractivity contribution is -0.138. The molecule has 2 N–H and O–H groups in total. The van der Waals surface area contributed by atoms with Gasteiger partial charge in [0.2, 0.25) is 0 Å². The van der Waals surface area contributed by atoms with E-state index in [1.54, 1.807) is 24.4 Å². The number of carbonyl (C=O) groups is 1. The molecule has 0 spiro atoms. The second kappa shape index (κ2) is 9.92. The fourth-order valence-electron chi connectivity index (χ4n) is 5.05. The van der Waals surface area contributed by atoms with Gasteiger partial charge in [-0.15, -0.1) is 0 Å². The Hall–Kier alpha value is -3.82. The van der Waals surface area contributed by atoms with E-state index in [9.17, 15) is 23.1 Å². The predicted molar refractivity (Wildman–Crippen MR) is 139 cm³/mol. The van der Waals surface area contributed by atoms with E-state index in [1.807, 2.05) is 20.0 Å². The molecular formula is C27H26BF3N4O2. The monoisotopic (exact) mass is 506 g/mol. The van der Waals surface area contributed by atoms with E-state index in [4.69, 9.17) is 4.99 Å². The van der Waals surface area contributed by atoms with Crippen molar-refractivity contribution >= 4 is 25.7 Å². The minimum atomic E-state index is -4.59. The third-order valence-corrected chi connectivity index (χ3v) is 6.95. The highest BCUT2D eigenvalue weighted by atomic mass is 19.4. The summed E-state index contributed by atoms with van der Waals surface area (Å²) in [5.74, 6) is -0.402. The van der Waals surface area contributed by atoms with Gasteiger partial charge in [0.05, 0.1) is 22.5 Å². The molecule has 3 aliphatic heterocycles. The SMILES string of the molecule is BC1=C2N=C(c3ccccc3O)C=C(NCC3CCCN(C(=O)c4ccccc4C(F)(F)F)C3)C2N=C1. The van der Waals surface area contributed by atoms with Crippen LogP contribution in [-0.2, 0) is 6.18 Å². The number of piperidine rings is 1. The molecule has 190 valence electrons. The Labute approximate surface area is 213 Å². The Bertz CT molecular complexity index is 1350. The number of phenolic OH excluding ortho intramolecular Hbond substituents is 1. The van der Waals surface area contributed by atoms with Crippen LogP contribution in [0.2, 0.25) is 0 Å². The van der Waals surface area contributed by atoms with Gasteiger partial charge in [-0.2, -0.15) is 13.2 Å². The molecule has 0 saturated carbocycles. The number of hydrogen-bond acceptors (Lipinski definition) is 5. The van der Waals surface area contributed by atoms with Crippen molar-refractivity contribution in [1.29, 1.82) is 0 Å².